The number of hydrogen-bond acceptors (Lipinski definition) is 0. The van der Waals surface area contributed by atoms with E-state index in [9.17, 15) is 0 Å². The number of hydrogen-bond donors (Lipinski definition) is 0. The molecule has 0 aliphatic rings. The van der Waals surface area contributed by atoms with Crippen molar-refractivity contribution in [2.24, 2.45) is 5.41 Å². The van der Waals surface area contributed by atoms with Crippen LogP contribution in [0.4, 0.5) is 0 Å². The Labute approximate surface area is 113 Å². The molecule has 0 aliphatic carbocycles. The molecular weight excluding hydrogens is 284 g/mol. The summed E-state index contributed by atoms with van der Waals surface area (Å²) in [4.78, 5) is 0.406. The van der Waals surface area contributed by atoms with Crippen molar-refractivity contribution < 1.29 is 0 Å². The third-order valence-corrected chi connectivity index (χ3v) is 3.90. The van der Waals surface area contributed by atoms with Crippen molar-refractivity contribution in [2.45, 2.75) is 45.9 Å². The lowest BCUT2D eigenvalue weighted by molar-refractivity contribution is 0.376. The maximum absolute atomic E-state index is 6.11. The fourth-order valence-corrected chi connectivity index (χ4v) is 3.47. The molecule has 0 aliphatic heterocycles. The van der Waals surface area contributed by atoms with Gasteiger partial charge in [0.05, 0.1) is 0 Å². The molecule has 1 atom stereocenters. The molecule has 0 amide bonds. The van der Waals surface area contributed by atoms with E-state index >= 15 is 0 Å². The predicted octanol–water partition coefficient (Wildman–Crippen LogP) is 5.83. The molecule has 0 saturated heterocycles. The smallest absolute Gasteiger partial charge is 0.0438 e. The van der Waals surface area contributed by atoms with Crippen LogP contribution in [0, 0.1) is 19.3 Å². The first-order valence-electron chi connectivity index (χ1n) is 5.61. The van der Waals surface area contributed by atoms with Crippen LogP contribution in [0.25, 0.3) is 0 Å². The summed E-state index contributed by atoms with van der Waals surface area (Å²) in [5, 5.41) is 0.858. The summed E-state index contributed by atoms with van der Waals surface area (Å²) in [5.41, 5.74) is 4.10. The van der Waals surface area contributed by atoms with Crippen molar-refractivity contribution in [3.63, 3.8) is 0 Å². The average molecular weight is 304 g/mol. The Balaban J connectivity index is 3.00. The molecule has 0 nitrogen and oxygen atoms in total. The van der Waals surface area contributed by atoms with Crippen LogP contribution < -0.4 is 0 Å². The van der Waals surface area contributed by atoms with Gasteiger partial charge in [0.1, 0.15) is 0 Å². The van der Waals surface area contributed by atoms with E-state index in [1.807, 2.05) is 0 Å². The van der Waals surface area contributed by atoms with E-state index in [1.54, 1.807) is 0 Å². The number of benzene rings is 1. The third-order valence-electron chi connectivity index (χ3n) is 2.68. The second-order valence-electron chi connectivity index (χ2n) is 5.69. The molecule has 1 unspecified atom stereocenters. The van der Waals surface area contributed by atoms with Crippen LogP contribution in [0.15, 0.2) is 12.1 Å². The van der Waals surface area contributed by atoms with Gasteiger partial charge in [-0.15, -0.1) is 0 Å². The van der Waals surface area contributed by atoms with Crippen LogP contribution in [0.1, 0.15) is 48.7 Å². The quantitative estimate of drug-likeness (QED) is 0.603. The summed E-state index contributed by atoms with van der Waals surface area (Å²) >= 11 is 9.90. The van der Waals surface area contributed by atoms with Gasteiger partial charge >= 0.3 is 0 Å². The Kier molecular flexibility index (Phi) is 4.48. The Morgan fingerprint density at radius 2 is 1.75 bits per heavy atom. The van der Waals surface area contributed by atoms with Crippen molar-refractivity contribution >= 4 is 27.5 Å². The molecule has 2 heteroatoms. The van der Waals surface area contributed by atoms with Crippen molar-refractivity contribution in [1.82, 2.24) is 0 Å². The van der Waals surface area contributed by atoms with E-state index in [4.69, 9.17) is 11.6 Å². The molecule has 0 saturated carbocycles. The van der Waals surface area contributed by atoms with Crippen LogP contribution in [0.5, 0.6) is 0 Å². The summed E-state index contributed by atoms with van der Waals surface area (Å²) in [5.74, 6) is 0. The lowest BCUT2D eigenvalue weighted by Crippen LogP contribution is -2.09. The van der Waals surface area contributed by atoms with Gasteiger partial charge in [0.15, 0.2) is 0 Å². The van der Waals surface area contributed by atoms with Gasteiger partial charge in [-0.25, -0.2) is 0 Å². The standard InChI is InChI=1S/C14H20BrCl/c1-9-7-13(16)10(2)6-11(9)12(15)8-14(3,4)5/h6-7,12H,8H2,1-5H3. The van der Waals surface area contributed by atoms with Gasteiger partial charge in [-0.2, -0.15) is 0 Å². The highest BCUT2D eigenvalue weighted by molar-refractivity contribution is 9.09. The van der Waals surface area contributed by atoms with Gasteiger partial charge in [0.2, 0.25) is 0 Å². The molecule has 0 spiro atoms. The summed E-state index contributed by atoms with van der Waals surface area (Å²) in [6.07, 6.45) is 1.12. The second-order valence-corrected chi connectivity index (χ2v) is 7.20. The molecule has 1 aromatic rings. The van der Waals surface area contributed by atoms with E-state index in [-0.39, 0.29) is 0 Å². The van der Waals surface area contributed by atoms with Crippen molar-refractivity contribution in [3.05, 3.63) is 33.8 Å². The Hall–Kier alpha value is -0.0100. The molecule has 0 aromatic heterocycles. The molecule has 90 valence electrons. The predicted molar refractivity (Wildman–Crippen MR) is 76.7 cm³/mol. The van der Waals surface area contributed by atoms with Gasteiger partial charge in [-0.3, -0.25) is 0 Å². The molecule has 0 N–H and O–H groups in total. The molecular formula is C14H20BrCl. The Morgan fingerprint density at radius 3 is 2.25 bits per heavy atom. The first-order valence-corrected chi connectivity index (χ1v) is 6.91. The minimum Gasteiger partial charge on any atom is -0.0840 e. The molecule has 1 rings (SSSR count). The maximum Gasteiger partial charge on any atom is 0.0438 e. The van der Waals surface area contributed by atoms with Crippen LogP contribution in [0.3, 0.4) is 0 Å². The van der Waals surface area contributed by atoms with Gasteiger partial charge in [-0.1, -0.05) is 54.4 Å². The number of rotatable bonds is 2. The zero-order chi connectivity index (χ0) is 12.5. The van der Waals surface area contributed by atoms with E-state index in [0.29, 0.717) is 10.2 Å². The second kappa shape index (κ2) is 5.10. The highest BCUT2D eigenvalue weighted by Crippen LogP contribution is 2.38. The first-order chi connectivity index (χ1) is 7.20. The highest BCUT2D eigenvalue weighted by Gasteiger charge is 2.19. The summed E-state index contributed by atoms with van der Waals surface area (Å²) in [6, 6.07) is 4.26. The summed E-state index contributed by atoms with van der Waals surface area (Å²) < 4.78 is 0. The molecule has 0 fully saturated rings. The van der Waals surface area contributed by atoms with Crippen LogP contribution in [0.2, 0.25) is 5.02 Å². The first kappa shape index (κ1) is 14.1. The van der Waals surface area contributed by atoms with Crippen molar-refractivity contribution in [2.75, 3.05) is 0 Å². The fourth-order valence-electron chi connectivity index (χ4n) is 1.79. The van der Waals surface area contributed by atoms with E-state index < -0.39 is 0 Å². The summed E-state index contributed by atoms with van der Waals surface area (Å²) in [6.45, 7) is 11.0. The van der Waals surface area contributed by atoms with Gasteiger partial charge in [-0.05, 0) is 48.4 Å². The lowest BCUT2D eigenvalue weighted by atomic mass is 9.87. The molecule has 0 heterocycles. The van der Waals surface area contributed by atoms with Gasteiger partial charge < -0.3 is 0 Å². The Bertz CT molecular complexity index is 377. The molecule has 16 heavy (non-hydrogen) atoms. The van der Waals surface area contributed by atoms with E-state index in [2.05, 4.69) is 62.7 Å². The molecule has 0 bridgehead atoms. The lowest BCUT2D eigenvalue weighted by Gasteiger charge is -2.24. The largest absolute Gasteiger partial charge is 0.0840 e. The van der Waals surface area contributed by atoms with Crippen LogP contribution in [-0.4, -0.2) is 0 Å². The zero-order valence-corrected chi connectivity index (χ0v) is 13.0. The summed E-state index contributed by atoms with van der Waals surface area (Å²) in [7, 11) is 0. The van der Waals surface area contributed by atoms with Gasteiger partial charge in [0, 0.05) is 9.85 Å². The van der Waals surface area contributed by atoms with E-state index in [0.717, 1.165) is 17.0 Å². The van der Waals surface area contributed by atoms with Crippen molar-refractivity contribution in [1.29, 1.82) is 0 Å². The number of aryl methyl sites for hydroxylation is 2. The Morgan fingerprint density at radius 1 is 1.19 bits per heavy atom. The van der Waals surface area contributed by atoms with Gasteiger partial charge in [0.25, 0.3) is 0 Å². The van der Waals surface area contributed by atoms with Crippen LogP contribution >= 0.6 is 27.5 Å². The van der Waals surface area contributed by atoms with E-state index in [1.165, 1.54) is 11.1 Å². The topological polar surface area (TPSA) is 0 Å². The minimum absolute atomic E-state index is 0.328. The molecule has 0 radical (unpaired) electrons. The monoisotopic (exact) mass is 302 g/mol. The van der Waals surface area contributed by atoms with Crippen LogP contribution in [-0.2, 0) is 0 Å². The third kappa shape index (κ3) is 3.78. The highest BCUT2D eigenvalue weighted by atomic mass is 79.9. The molecule has 1 aromatic carbocycles. The maximum atomic E-state index is 6.11. The fraction of sp³-hybridized carbons (Fsp3) is 0.571. The SMILES string of the molecule is Cc1cc(C(Br)CC(C)(C)C)c(C)cc1Cl. The normalized spacial score (nSPS) is 13.9. The average Bonchev–Trinajstić information content (AvgIpc) is 2.08. The number of halogens is 2. The number of alkyl halides is 1. The minimum atomic E-state index is 0.328. The van der Waals surface area contributed by atoms with Crippen molar-refractivity contribution in [3.8, 4) is 0 Å². The zero-order valence-electron chi connectivity index (χ0n) is 10.7.